The summed E-state index contributed by atoms with van der Waals surface area (Å²) < 4.78 is 1.30. The third-order valence-corrected chi connectivity index (χ3v) is 4.01. The number of carbonyl (C=O) groups excluding carboxylic acids is 1. The van der Waals surface area contributed by atoms with Crippen LogP contribution < -0.4 is 5.32 Å². The second kappa shape index (κ2) is 6.02. The van der Waals surface area contributed by atoms with Crippen LogP contribution in [-0.2, 0) is 11.3 Å². The van der Waals surface area contributed by atoms with E-state index in [4.69, 9.17) is 0 Å². The lowest BCUT2D eigenvalue weighted by molar-refractivity contribution is -0.385. The molecule has 1 aromatic rings. The minimum Gasteiger partial charge on any atom is -0.351 e. The molecule has 0 unspecified atom stereocenters. The molecular weight excluding hydrogens is 260 g/mol. The molecule has 0 bridgehead atoms. The second-order valence-corrected chi connectivity index (χ2v) is 5.63. The van der Waals surface area contributed by atoms with Gasteiger partial charge in [-0.05, 0) is 24.7 Å². The van der Waals surface area contributed by atoms with Crippen LogP contribution in [0.25, 0.3) is 0 Å². The Morgan fingerprint density at radius 1 is 1.50 bits per heavy atom. The number of hydrogen-bond donors (Lipinski definition) is 1. The van der Waals surface area contributed by atoms with Gasteiger partial charge in [0.15, 0.2) is 0 Å². The van der Waals surface area contributed by atoms with E-state index in [0.29, 0.717) is 11.8 Å². The average molecular weight is 280 g/mol. The van der Waals surface area contributed by atoms with Gasteiger partial charge in [-0.15, -0.1) is 0 Å². The highest BCUT2D eigenvalue weighted by Crippen LogP contribution is 2.28. The zero-order valence-electron chi connectivity index (χ0n) is 11.8. The summed E-state index contributed by atoms with van der Waals surface area (Å²) in [6.45, 7) is 4.32. The summed E-state index contributed by atoms with van der Waals surface area (Å²) in [5.41, 5.74) is -0.0998. The Labute approximate surface area is 117 Å². The number of amides is 1. The molecule has 20 heavy (non-hydrogen) atoms. The monoisotopic (exact) mass is 280 g/mol. The highest BCUT2D eigenvalue weighted by atomic mass is 16.6. The molecule has 7 heteroatoms. The summed E-state index contributed by atoms with van der Waals surface area (Å²) in [5.74, 6) is 0.790. The van der Waals surface area contributed by atoms with E-state index in [2.05, 4.69) is 24.3 Å². The SMILES string of the molecule is C[C@H]1CCC[C@H](C)C1NC(=O)Cn1cc([N+](=O)[O-])cn1. The van der Waals surface area contributed by atoms with Gasteiger partial charge in [0.2, 0.25) is 5.91 Å². The third kappa shape index (κ3) is 3.34. The van der Waals surface area contributed by atoms with Gasteiger partial charge < -0.3 is 5.32 Å². The van der Waals surface area contributed by atoms with Gasteiger partial charge in [0.05, 0.1) is 4.92 Å². The molecule has 1 heterocycles. The standard InChI is InChI=1S/C13H20N4O3/c1-9-4-3-5-10(2)13(9)15-12(18)8-16-7-11(6-14-16)17(19)20/h6-7,9-10,13H,3-5,8H2,1-2H3,(H,15,18)/t9-,10-/m0/s1. The first-order valence-corrected chi connectivity index (χ1v) is 6.93. The topological polar surface area (TPSA) is 90.1 Å². The van der Waals surface area contributed by atoms with Crippen molar-refractivity contribution in [3.8, 4) is 0 Å². The average Bonchev–Trinajstić information content (AvgIpc) is 2.82. The molecule has 1 saturated carbocycles. The predicted molar refractivity (Wildman–Crippen MR) is 73.0 cm³/mol. The highest BCUT2D eigenvalue weighted by Gasteiger charge is 2.28. The molecule has 1 N–H and O–H groups in total. The van der Waals surface area contributed by atoms with Crippen LogP contribution in [0, 0.1) is 22.0 Å². The molecule has 0 spiro atoms. The molecule has 2 rings (SSSR count). The Hall–Kier alpha value is -1.92. The van der Waals surface area contributed by atoms with E-state index >= 15 is 0 Å². The summed E-state index contributed by atoms with van der Waals surface area (Å²) in [4.78, 5) is 22.0. The summed E-state index contributed by atoms with van der Waals surface area (Å²) in [5, 5.41) is 17.4. The van der Waals surface area contributed by atoms with Crippen LogP contribution in [0.4, 0.5) is 5.69 Å². The summed E-state index contributed by atoms with van der Waals surface area (Å²) in [6.07, 6.45) is 5.89. The van der Waals surface area contributed by atoms with Crippen molar-refractivity contribution in [2.45, 2.75) is 45.7 Å². The van der Waals surface area contributed by atoms with Crippen molar-refractivity contribution in [3.05, 3.63) is 22.5 Å². The van der Waals surface area contributed by atoms with E-state index in [1.807, 2.05) is 0 Å². The van der Waals surface area contributed by atoms with Crippen LogP contribution in [0.1, 0.15) is 33.1 Å². The number of nitrogens with zero attached hydrogens (tertiary/aromatic N) is 3. The van der Waals surface area contributed by atoms with Crippen LogP contribution in [0.3, 0.4) is 0 Å². The Morgan fingerprint density at radius 3 is 2.70 bits per heavy atom. The van der Waals surface area contributed by atoms with Gasteiger partial charge in [-0.25, -0.2) is 0 Å². The predicted octanol–water partition coefficient (Wildman–Crippen LogP) is 1.73. The molecule has 0 aliphatic heterocycles. The Morgan fingerprint density at radius 2 is 2.15 bits per heavy atom. The lowest BCUT2D eigenvalue weighted by atomic mass is 9.79. The third-order valence-electron chi connectivity index (χ3n) is 4.01. The number of nitro groups is 1. The van der Waals surface area contributed by atoms with Gasteiger partial charge in [-0.1, -0.05) is 20.3 Å². The normalized spacial score (nSPS) is 23.5. The van der Waals surface area contributed by atoms with Gasteiger partial charge in [0.25, 0.3) is 0 Å². The zero-order valence-corrected chi connectivity index (χ0v) is 11.8. The maximum atomic E-state index is 12.0. The van der Waals surface area contributed by atoms with Crippen molar-refractivity contribution in [2.75, 3.05) is 0 Å². The van der Waals surface area contributed by atoms with Crippen LogP contribution >= 0.6 is 0 Å². The van der Waals surface area contributed by atoms with Crippen molar-refractivity contribution < 1.29 is 9.72 Å². The molecule has 0 aromatic carbocycles. The minimum atomic E-state index is -0.521. The Bertz CT molecular complexity index is 490. The number of aromatic nitrogens is 2. The second-order valence-electron chi connectivity index (χ2n) is 5.63. The minimum absolute atomic E-state index is 0.0176. The number of nitrogens with one attached hydrogen (secondary N) is 1. The number of hydrogen-bond acceptors (Lipinski definition) is 4. The first-order valence-electron chi connectivity index (χ1n) is 6.93. The Kier molecular flexibility index (Phi) is 4.36. The highest BCUT2D eigenvalue weighted by molar-refractivity contribution is 5.76. The number of carbonyl (C=O) groups is 1. The summed E-state index contributed by atoms with van der Waals surface area (Å²) >= 11 is 0. The molecule has 1 aliphatic carbocycles. The van der Waals surface area contributed by atoms with Gasteiger partial charge in [-0.2, -0.15) is 5.10 Å². The molecular formula is C13H20N4O3. The molecule has 0 saturated heterocycles. The van der Waals surface area contributed by atoms with Gasteiger partial charge in [0.1, 0.15) is 18.9 Å². The molecule has 1 fully saturated rings. The van der Waals surface area contributed by atoms with Gasteiger partial charge >= 0.3 is 5.69 Å². The molecule has 1 aliphatic rings. The van der Waals surface area contributed by atoms with Crippen LogP contribution in [-0.4, -0.2) is 26.7 Å². The lowest BCUT2D eigenvalue weighted by Gasteiger charge is -2.35. The van der Waals surface area contributed by atoms with Crippen LogP contribution in [0.5, 0.6) is 0 Å². The smallest absolute Gasteiger partial charge is 0.307 e. The van der Waals surface area contributed by atoms with Crippen LogP contribution in [0.2, 0.25) is 0 Å². The molecule has 1 aromatic heterocycles. The molecule has 0 radical (unpaired) electrons. The van der Waals surface area contributed by atoms with Crippen LogP contribution in [0.15, 0.2) is 12.4 Å². The van der Waals surface area contributed by atoms with E-state index < -0.39 is 4.92 Å². The van der Waals surface area contributed by atoms with Gasteiger partial charge in [-0.3, -0.25) is 19.6 Å². The lowest BCUT2D eigenvalue weighted by Crippen LogP contribution is -2.46. The fourth-order valence-corrected chi connectivity index (χ4v) is 2.88. The summed E-state index contributed by atoms with van der Waals surface area (Å²) in [6, 6.07) is 0.182. The molecule has 1 amide bonds. The van der Waals surface area contributed by atoms with Gasteiger partial charge in [0, 0.05) is 6.04 Å². The van der Waals surface area contributed by atoms with E-state index in [1.165, 1.54) is 17.3 Å². The maximum Gasteiger partial charge on any atom is 0.307 e. The molecule has 2 atom stereocenters. The first kappa shape index (κ1) is 14.5. The fraction of sp³-hybridized carbons (Fsp3) is 0.692. The van der Waals surface area contributed by atoms with E-state index in [-0.39, 0.29) is 24.2 Å². The quantitative estimate of drug-likeness (QED) is 0.671. The van der Waals surface area contributed by atoms with Crippen molar-refractivity contribution in [3.63, 3.8) is 0 Å². The largest absolute Gasteiger partial charge is 0.351 e. The summed E-state index contributed by atoms with van der Waals surface area (Å²) in [7, 11) is 0. The molecule has 7 nitrogen and oxygen atoms in total. The van der Waals surface area contributed by atoms with Crippen molar-refractivity contribution in [1.82, 2.24) is 15.1 Å². The maximum absolute atomic E-state index is 12.0. The number of rotatable bonds is 4. The van der Waals surface area contributed by atoms with Crippen molar-refractivity contribution >= 4 is 11.6 Å². The Balaban J connectivity index is 1.92. The van der Waals surface area contributed by atoms with Crippen molar-refractivity contribution in [2.24, 2.45) is 11.8 Å². The van der Waals surface area contributed by atoms with Crippen molar-refractivity contribution in [1.29, 1.82) is 0 Å². The molecule has 110 valence electrons. The first-order chi connectivity index (χ1) is 9.47. The van der Waals surface area contributed by atoms with E-state index in [0.717, 1.165) is 19.0 Å². The fourth-order valence-electron chi connectivity index (χ4n) is 2.88. The van der Waals surface area contributed by atoms with E-state index in [9.17, 15) is 14.9 Å². The zero-order chi connectivity index (χ0) is 14.7. The van der Waals surface area contributed by atoms with E-state index in [1.54, 1.807) is 0 Å².